The molecule has 4 aliphatic heterocycles. The lowest BCUT2D eigenvalue weighted by Crippen LogP contribution is -2.76. The molecule has 0 radical (unpaired) electrons. The average Bonchev–Trinajstić information content (AvgIpc) is 3.31. The number of hydrogen-bond acceptors (Lipinski definition) is 7. The van der Waals surface area contributed by atoms with Crippen molar-refractivity contribution in [1.29, 1.82) is 0 Å². The van der Waals surface area contributed by atoms with Gasteiger partial charge in [-0.2, -0.15) is 0 Å². The van der Waals surface area contributed by atoms with Crippen molar-refractivity contribution in [3.05, 3.63) is 35.9 Å². The maximum absolute atomic E-state index is 12.4. The van der Waals surface area contributed by atoms with E-state index >= 15 is 0 Å². The van der Waals surface area contributed by atoms with Crippen molar-refractivity contribution in [2.45, 2.75) is 87.7 Å². The van der Waals surface area contributed by atoms with Gasteiger partial charge in [-0.15, -0.1) is 0 Å². The SMILES string of the molecule is CC1(C)O[C@@H]2[C@@H](CO[C@]3(COC(C)(C)O3)[C@@]2(O)C2(CCCc3ccccc3)CO2)O1. The lowest BCUT2D eigenvalue weighted by molar-refractivity contribution is -0.380. The molecule has 4 heterocycles. The fourth-order valence-corrected chi connectivity index (χ4v) is 5.31. The lowest BCUT2D eigenvalue weighted by Gasteiger charge is -2.53. The third-order valence-corrected chi connectivity index (χ3v) is 6.75. The lowest BCUT2D eigenvalue weighted by atomic mass is 9.70. The minimum absolute atomic E-state index is 0.104. The van der Waals surface area contributed by atoms with Crippen molar-refractivity contribution in [1.82, 2.24) is 0 Å². The fourth-order valence-electron chi connectivity index (χ4n) is 5.31. The van der Waals surface area contributed by atoms with Gasteiger partial charge in [-0.25, -0.2) is 0 Å². The van der Waals surface area contributed by atoms with Crippen LogP contribution in [0.5, 0.6) is 0 Å². The summed E-state index contributed by atoms with van der Waals surface area (Å²) in [6.45, 7) is 8.13. The second kappa shape index (κ2) is 6.72. The first kappa shape index (κ1) is 20.8. The molecule has 0 bridgehead atoms. The Labute approximate surface area is 177 Å². The minimum atomic E-state index is -1.57. The van der Waals surface area contributed by atoms with E-state index in [2.05, 4.69) is 12.1 Å². The van der Waals surface area contributed by atoms with E-state index in [1.54, 1.807) is 0 Å². The van der Waals surface area contributed by atoms with Gasteiger partial charge in [0.2, 0.25) is 5.79 Å². The summed E-state index contributed by atoms with van der Waals surface area (Å²) in [6.07, 6.45) is 1.36. The molecule has 1 aromatic carbocycles. The average molecular weight is 421 g/mol. The maximum atomic E-state index is 12.4. The summed E-state index contributed by atoms with van der Waals surface area (Å²) >= 11 is 0. The van der Waals surface area contributed by atoms with Crippen LogP contribution in [0.1, 0.15) is 46.1 Å². The third-order valence-electron chi connectivity index (χ3n) is 6.75. The van der Waals surface area contributed by atoms with E-state index in [-0.39, 0.29) is 13.2 Å². The van der Waals surface area contributed by atoms with E-state index in [0.717, 1.165) is 12.8 Å². The Morgan fingerprint density at radius 2 is 1.67 bits per heavy atom. The van der Waals surface area contributed by atoms with Crippen molar-refractivity contribution in [3.8, 4) is 0 Å². The Kier molecular flexibility index (Phi) is 4.66. The first-order valence-corrected chi connectivity index (χ1v) is 10.8. The molecule has 5 atom stereocenters. The zero-order valence-corrected chi connectivity index (χ0v) is 18.2. The van der Waals surface area contributed by atoms with Crippen LogP contribution in [0, 0.1) is 0 Å². The zero-order valence-electron chi connectivity index (χ0n) is 18.2. The number of epoxide rings is 1. The van der Waals surface area contributed by atoms with E-state index in [9.17, 15) is 5.11 Å². The maximum Gasteiger partial charge on any atom is 0.230 e. The Morgan fingerprint density at radius 3 is 2.30 bits per heavy atom. The molecule has 1 aromatic rings. The van der Waals surface area contributed by atoms with Crippen LogP contribution in [-0.2, 0) is 34.8 Å². The normalized spacial score (nSPS) is 43.6. The van der Waals surface area contributed by atoms with Gasteiger partial charge in [0.15, 0.2) is 17.2 Å². The van der Waals surface area contributed by atoms with Crippen molar-refractivity contribution in [2.75, 3.05) is 19.8 Å². The minimum Gasteiger partial charge on any atom is -0.379 e. The van der Waals surface area contributed by atoms with Gasteiger partial charge in [0.25, 0.3) is 0 Å². The predicted molar refractivity (Wildman–Crippen MR) is 107 cm³/mol. The van der Waals surface area contributed by atoms with Crippen LogP contribution in [0.2, 0.25) is 0 Å². The molecule has 0 saturated carbocycles. The highest BCUT2D eigenvalue weighted by Gasteiger charge is 2.81. The van der Waals surface area contributed by atoms with Gasteiger partial charge in [0.05, 0.1) is 13.2 Å². The van der Waals surface area contributed by atoms with E-state index in [1.807, 2.05) is 45.9 Å². The van der Waals surface area contributed by atoms with Crippen molar-refractivity contribution >= 4 is 0 Å². The second-order valence-electron chi connectivity index (χ2n) is 9.84. The molecule has 1 N–H and O–H groups in total. The molecule has 5 rings (SSSR count). The van der Waals surface area contributed by atoms with E-state index < -0.39 is 40.8 Å². The van der Waals surface area contributed by atoms with E-state index in [4.69, 9.17) is 28.4 Å². The highest BCUT2D eigenvalue weighted by atomic mass is 16.9. The highest BCUT2D eigenvalue weighted by molar-refractivity contribution is 5.25. The van der Waals surface area contributed by atoms with Crippen molar-refractivity contribution in [3.63, 3.8) is 0 Å². The molecule has 30 heavy (non-hydrogen) atoms. The standard InChI is InChI=1S/C23H32O7/c1-19(2)26-15-22(30-19)23(24,18-17(13-25-22)28-20(3,4)29-18)21(14-27-21)12-8-11-16-9-6-5-7-10-16/h5-7,9-10,17-18,24H,8,11-15H2,1-4H3/t17-,18-,21?,22+,23+/m1/s1. The van der Waals surface area contributed by atoms with Crippen molar-refractivity contribution < 1.29 is 33.5 Å². The van der Waals surface area contributed by atoms with Crippen LogP contribution in [0.4, 0.5) is 0 Å². The molecule has 0 aliphatic carbocycles. The Hall–Kier alpha value is -1.06. The first-order chi connectivity index (χ1) is 14.1. The number of ether oxygens (including phenoxy) is 6. The van der Waals surface area contributed by atoms with Gasteiger partial charge in [-0.1, -0.05) is 30.3 Å². The van der Waals surface area contributed by atoms with Gasteiger partial charge in [0, 0.05) is 0 Å². The van der Waals surface area contributed by atoms with Crippen LogP contribution >= 0.6 is 0 Å². The summed E-state index contributed by atoms with van der Waals surface area (Å²) in [7, 11) is 0. The summed E-state index contributed by atoms with van der Waals surface area (Å²) in [4.78, 5) is 0. The molecule has 4 saturated heterocycles. The van der Waals surface area contributed by atoms with Crippen molar-refractivity contribution in [2.24, 2.45) is 0 Å². The third kappa shape index (κ3) is 3.14. The first-order valence-electron chi connectivity index (χ1n) is 10.8. The molecule has 4 aliphatic rings. The predicted octanol–water partition coefficient (Wildman–Crippen LogP) is 2.54. The summed E-state index contributed by atoms with van der Waals surface area (Å²) in [6, 6.07) is 10.3. The van der Waals surface area contributed by atoms with Crippen LogP contribution < -0.4 is 0 Å². The molecule has 0 aromatic heterocycles. The summed E-state index contributed by atoms with van der Waals surface area (Å²) in [5, 5.41) is 12.4. The molecular weight excluding hydrogens is 388 g/mol. The van der Waals surface area contributed by atoms with Gasteiger partial charge in [-0.05, 0) is 52.5 Å². The molecular formula is C23H32O7. The molecule has 1 spiro atoms. The van der Waals surface area contributed by atoms with Gasteiger partial charge >= 0.3 is 0 Å². The summed E-state index contributed by atoms with van der Waals surface area (Å²) in [5.74, 6) is -3.08. The number of fused-ring (bicyclic) bond motifs is 1. The monoisotopic (exact) mass is 420 g/mol. The second-order valence-corrected chi connectivity index (χ2v) is 9.84. The number of benzene rings is 1. The van der Waals surface area contributed by atoms with Gasteiger partial charge < -0.3 is 33.5 Å². The van der Waals surface area contributed by atoms with Crippen LogP contribution in [0.25, 0.3) is 0 Å². The summed E-state index contributed by atoms with van der Waals surface area (Å²) in [5.41, 5.74) is -1.14. The molecule has 0 amide bonds. The topological polar surface area (TPSA) is 78.9 Å². The van der Waals surface area contributed by atoms with E-state index in [1.165, 1.54) is 5.56 Å². The largest absolute Gasteiger partial charge is 0.379 e. The number of hydrogen-bond donors (Lipinski definition) is 1. The number of aliphatic hydroxyl groups is 1. The van der Waals surface area contributed by atoms with Crippen LogP contribution in [0.3, 0.4) is 0 Å². The Morgan fingerprint density at radius 1 is 0.933 bits per heavy atom. The Bertz CT molecular complexity index is 788. The zero-order chi connectivity index (χ0) is 21.3. The van der Waals surface area contributed by atoms with Gasteiger partial charge in [0.1, 0.15) is 24.4 Å². The fraction of sp³-hybridized carbons (Fsp3) is 0.739. The quantitative estimate of drug-likeness (QED) is 0.734. The number of rotatable bonds is 5. The Balaban J connectivity index is 1.45. The van der Waals surface area contributed by atoms with E-state index in [0.29, 0.717) is 13.0 Å². The highest BCUT2D eigenvalue weighted by Crippen LogP contribution is 2.59. The smallest absolute Gasteiger partial charge is 0.230 e. The number of aryl methyl sites for hydroxylation is 1. The summed E-state index contributed by atoms with van der Waals surface area (Å²) < 4.78 is 36.6. The molecule has 7 nitrogen and oxygen atoms in total. The molecule has 7 heteroatoms. The molecule has 1 unspecified atom stereocenters. The molecule has 166 valence electrons. The van der Waals surface area contributed by atoms with Crippen LogP contribution in [-0.4, -0.2) is 65.7 Å². The molecule has 4 fully saturated rings. The van der Waals surface area contributed by atoms with Crippen LogP contribution in [0.15, 0.2) is 30.3 Å². The van der Waals surface area contributed by atoms with Gasteiger partial charge in [-0.3, -0.25) is 0 Å².